The number of hydrogen-bond acceptors (Lipinski definition) is 7. The first-order valence-corrected chi connectivity index (χ1v) is 12.2. The lowest BCUT2D eigenvalue weighted by molar-refractivity contribution is -0.150. The Bertz CT molecular complexity index is 1230. The zero-order chi connectivity index (χ0) is 24.2. The van der Waals surface area contributed by atoms with E-state index in [9.17, 15) is 9.59 Å². The Labute approximate surface area is 207 Å². The molecule has 8 nitrogen and oxygen atoms in total. The zero-order valence-electron chi connectivity index (χ0n) is 19.0. The predicted octanol–water partition coefficient (Wildman–Crippen LogP) is 4.11. The Morgan fingerprint density at radius 1 is 1.29 bits per heavy atom. The maximum absolute atomic E-state index is 13.4. The van der Waals surface area contributed by atoms with E-state index in [2.05, 4.69) is 9.97 Å². The molecule has 1 aliphatic heterocycles. The van der Waals surface area contributed by atoms with Gasteiger partial charge in [0.25, 0.3) is 0 Å². The van der Waals surface area contributed by atoms with E-state index in [4.69, 9.17) is 22.1 Å². The molecule has 2 amide bonds. The highest BCUT2D eigenvalue weighted by molar-refractivity contribution is 7.17. The molecule has 4 rings (SSSR count). The number of carbonyl (C=O) groups is 2. The first-order chi connectivity index (χ1) is 16.3. The monoisotopic (exact) mass is 499 g/mol. The number of ether oxygens (including phenoxy) is 1. The molecule has 1 fully saturated rings. The molecule has 2 N–H and O–H groups in total. The third-order valence-electron chi connectivity index (χ3n) is 5.61. The third kappa shape index (κ3) is 5.48. The number of aromatic nitrogens is 2. The average Bonchev–Trinajstić information content (AvgIpc) is 3.21. The van der Waals surface area contributed by atoms with Crippen LogP contribution in [0.5, 0.6) is 5.06 Å². The summed E-state index contributed by atoms with van der Waals surface area (Å²) in [4.78, 5) is 38.1. The van der Waals surface area contributed by atoms with Gasteiger partial charge in [0.2, 0.25) is 11.8 Å². The standard InChI is InChI=1S/C24H26ClN5O3S/c1-15(2)11-19-24(32)29(13-16-3-4-17-18(12-16)27-14-28-23(17)26)8-9-30(19)21(31)7-10-33-22-6-5-20(25)34-22/h3-7,10,12,14-15,19H,8-9,11,13H2,1-2H3,(H2,26,27,28)/t19-/m0/s1. The van der Waals surface area contributed by atoms with Crippen LogP contribution in [0.4, 0.5) is 5.82 Å². The summed E-state index contributed by atoms with van der Waals surface area (Å²) in [6.07, 6.45) is 4.71. The third-order valence-corrected chi connectivity index (χ3v) is 6.73. The molecule has 178 valence electrons. The van der Waals surface area contributed by atoms with Crippen LogP contribution in [-0.4, -0.2) is 50.7 Å². The number of amides is 2. The fourth-order valence-corrected chi connectivity index (χ4v) is 4.85. The van der Waals surface area contributed by atoms with Gasteiger partial charge in [-0.05, 0) is 42.2 Å². The number of carbonyl (C=O) groups excluding carboxylic acids is 2. The van der Waals surface area contributed by atoms with E-state index in [1.807, 2.05) is 32.0 Å². The summed E-state index contributed by atoms with van der Waals surface area (Å²) in [5.74, 6) is 0.364. The van der Waals surface area contributed by atoms with E-state index in [0.29, 0.717) is 41.3 Å². The minimum Gasteiger partial charge on any atom is -0.454 e. The van der Waals surface area contributed by atoms with Gasteiger partial charge in [0.05, 0.1) is 16.1 Å². The number of piperazine rings is 1. The summed E-state index contributed by atoms with van der Waals surface area (Å²) in [7, 11) is 0. The van der Waals surface area contributed by atoms with Gasteiger partial charge in [-0.25, -0.2) is 9.97 Å². The molecule has 1 atom stereocenters. The van der Waals surface area contributed by atoms with Crippen LogP contribution in [0.25, 0.3) is 10.9 Å². The van der Waals surface area contributed by atoms with Crippen molar-refractivity contribution < 1.29 is 14.3 Å². The molecule has 10 heteroatoms. The second kappa shape index (κ2) is 10.4. The van der Waals surface area contributed by atoms with Gasteiger partial charge in [0.1, 0.15) is 18.2 Å². The lowest BCUT2D eigenvalue weighted by Gasteiger charge is -2.41. The van der Waals surface area contributed by atoms with Gasteiger partial charge in [0.15, 0.2) is 5.06 Å². The smallest absolute Gasteiger partial charge is 0.250 e. The average molecular weight is 500 g/mol. The summed E-state index contributed by atoms with van der Waals surface area (Å²) >= 11 is 7.18. The van der Waals surface area contributed by atoms with E-state index in [1.54, 1.807) is 21.9 Å². The molecule has 3 aromatic rings. The number of nitrogen functional groups attached to an aromatic ring is 1. The topological polar surface area (TPSA) is 102 Å². The molecule has 0 spiro atoms. The summed E-state index contributed by atoms with van der Waals surface area (Å²) in [5, 5.41) is 1.38. The van der Waals surface area contributed by atoms with E-state index in [0.717, 1.165) is 16.5 Å². The van der Waals surface area contributed by atoms with Gasteiger partial charge >= 0.3 is 0 Å². The van der Waals surface area contributed by atoms with Crippen LogP contribution >= 0.6 is 22.9 Å². The molecular weight excluding hydrogens is 474 g/mol. The Morgan fingerprint density at radius 3 is 2.85 bits per heavy atom. The van der Waals surface area contributed by atoms with Gasteiger partial charge in [-0.2, -0.15) is 0 Å². The van der Waals surface area contributed by atoms with Gasteiger partial charge in [-0.1, -0.05) is 42.9 Å². The fourth-order valence-electron chi connectivity index (χ4n) is 3.99. The van der Waals surface area contributed by atoms with Crippen molar-refractivity contribution >= 4 is 51.5 Å². The van der Waals surface area contributed by atoms with Crippen molar-refractivity contribution in [2.45, 2.75) is 32.9 Å². The molecule has 1 saturated heterocycles. The summed E-state index contributed by atoms with van der Waals surface area (Å²) in [6, 6.07) is 8.67. The van der Waals surface area contributed by atoms with Crippen LogP contribution in [0.2, 0.25) is 4.34 Å². The van der Waals surface area contributed by atoms with E-state index in [1.165, 1.54) is 30.0 Å². The second-order valence-electron chi connectivity index (χ2n) is 8.53. The van der Waals surface area contributed by atoms with Crippen LogP contribution < -0.4 is 10.5 Å². The summed E-state index contributed by atoms with van der Waals surface area (Å²) < 4.78 is 6.07. The van der Waals surface area contributed by atoms with E-state index in [-0.39, 0.29) is 17.7 Å². The zero-order valence-corrected chi connectivity index (χ0v) is 20.6. The van der Waals surface area contributed by atoms with Crippen molar-refractivity contribution in [3.05, 3.63) is 58.9 Å². The number of nitrogens with zero attached hydrogens (tertiary/aromatic N) is 4. The maximum Gasteiger partial charge on any atom is 0.250 e. The van der Waals surface area contributed by atoms with Crippen molar-refractivity contribution in [2.75, 3.05) is 18.8 Å². The van der Waals surface area contributed by atoms with Gasteiger partial charge in [0, 0.05) is 31.1 Å². The van der Waals surface area contributed by atoms with Crippen LogP contribution in [0.1, 0.15) is 25.8 Å². The highest BCUT2D eigenvalue weighted by atomic mass is 35.5. The minimum absolute atomic E-state index is 0.0602. The predicted molar refractivity (Wildman–Crippen MR) is 133 cm³/mol. The maximum atomic E-state index is 13.4. The molecule has 0 radical (unpaired) electrons. The fraction of sp³-hybridized carbons (Fsp3) is 0.333. The van der Waals surface area contributed by atoms with Crippen molar-refractivity contribution in [2.24, 2.45) is 5.92 Å². The number of nitrogens with two attached hydrogens (primary N) is 1. The molecule has 0 unspecified atom stereocenters. The Morgan fingerprint density at radius 2 is 2.12 bits per heavy atom. The van der Waals surface area contributed by atoms with Crippen LogP contribution in [0, 0.1) is 5.92 Å². The Hall–Kier alpha value is -3.17. The number of rotatable bonds is 7. The second-order valence-corrected chi connectivity index (χ2v) is 10.2. The minimum atomic E-state index is -0.527. The number of halogens is 1. The summed E-state index contributed by atoms with van der Waals surface area (Å²) in [5.41, 5.74) is 7.60. The lowest BCUT2D eigenvalue weighted by Crippen LogP contribution is -2.58. The number of anilines is 1. The number of thiophene rings is 1. The SMILES string of the molecule is CC(C)C[C@H]1C(=O)N(Cc2ccc3c(N)ncnc3c2)CCN1C(=O)C=COc1ccc(Cl)s1. The Kier molecular flexibility index (Phi) is 7.33. The Balaban J connectivity index is 1.46. The van der Waals surface area contributed by atoms with Crippen LogP contribution in [0.15, 0.2) is 49.0 Å². The van der Waals surface area contributed by atoms with Crippen LogP contribution in [-0.2, 0) is 16.1 Å². The molecule has 0 bridgehead atoms. The molecule has 0 aliphatic carbocycles. The first kappa shape index (κ1) is 24.0. The van der Waals surface area contributed by atoms with Crippen molar-refractivity contribution in [1.29, 1.82) is 0 Å². The number of fused-ring (bicyclic) bond motifs is 1. The summed E-state index contributed by atoms with van der Waals surface area (Å²) in [6.45, 7) is 5.41. The quantitative estimate of drug-likeness (QED) is 0.388. The van der Waals surface area contributed by atoms with E-state index < -0.39 is 6.04 Å². The lowest BCUT2D eigenvalue weighted by atomic mass is 9.98. The molecule has 1 aromatic carbocycles. The van der Waals surface area contributed by atoms with Crippen LogP contribution in [0.3, 0.4) is 0 Å². The van der Waals surface area contributed by atoms with Crippen molar-refractivity contribution in [1.82, 2.24) is 19.8 Å². The van der Waals surface area contributed by atoms with Crippen molar-refractivity contribution in [3.63, 3.8) is 0 Å². The highest BCUT2D eigenvalue weighted by Gasteiger charge is 2.37. The van der Waals surface area contributed by atoms with Crippen molar-refractivity contribution in [3.8, 4) is 5.06 Å². The number of hydrogen-bond donors (Lipinski definition) is 1. The molecule has 34 heavy (non-hydrogen) atoms. The molecule has 1 aliphatic rings. The highest BCUT2D eigenvalue weighted by Crippen LogP contribution is 2.28. The molecular formula is C24H26ClN5O3S. The van der Waals surface area contributed by atoms with Gasteiger partial charge in [-0.15, -0.1) is 0 Å². The molecule has 3 heterocycles. The van der Waals surface area contributed by atoms with E-state index >= 15 is 0 Å². The molecule has 2 aromatic heterocycles. The normalized spacial score (nSPS) is 16.7. The number of benzene rings is 1. The first-order valence-electron chi connectivity index (χ1n) is 11.0. The largest absolute Gasteiger partial charge is 0.454 e. The van der Waals surface area contributed by atoms with Gasteiger partial charge in [-0.3, -0.25) is 9.59 Å². The van der Waals surface area contributed by atoms with Gasteiger partial charge < -0.3 is 20.3 Å². The molecule has 0 saturated carbocycles.